The van der Waals surface area contributed by atoms with Gasteiger partial charge in [-0.15, -0.1) is 0 Å². The Morgan fingerprint density at radius 1 is 0.950 bits per heavy atom. The first-order chi connectivity index (χ1) is 9.79. The summed E-state index contributed by atoms with van der Waals surface area (Å²) in [6, 6.07) is 13.1. The van der Waals surface area contributed by atoms with Crippen LogP contribution in [0.4, 0.5) is 0 Å². The lowest BCUT2D eigenvalue weighted by molar-refractivity contribution is 0.283. The highest BCUT2D eigenvalue weighted by atomic mass is 16.3. The fourth-order valence-electron chi connectivity index (χ4n) is 2.49. The molecule has 0 fully saturated rings. The molecule has 0 unspecified atom stereocenters. The predicted molar refractivity (Wildman–Crippen MR) is 78.6 cm³/mol. The van der Waals surface area contributed by atoms with Gasteiger partial charge in [-0.25, -0.2) is 0 Å². The van der Waals surface area contributed by atoms with E-state index in [0.29, 0.717) is 13.1 Å². The molecule has 2 aromatic heterocycles. The van der Waals surface area contributed by atoms with Crippen LogP contribution < -0.4 is 5.56 Å². The summed E-state index contributed by atoms with van der Waals surface area (Å²) < 4.78 is 3.77. The molecule has 0 atom stereocenters. The number of nitrogens with zero attached hydrogens (tertiary/aromatic N) is 2. The van der Waals surface area contributed by atoms with E-state index in [-0.39, 0.29) is 12.2 Å². The third-order valence-corrected chi connectivity index (χ3v) is 3.52. The molecule has 3 aromatic rings. The Kier molecular flexibility index (Phi) is 3.39. The molecule has 0 aliphatic rings. The molecule has 2 heterocycles. The standard InChI is InChI=1S/C16H16N2O2/c19-12-13-11-18(15-6-2-1-5-14(13)15)10-9-17-8-4-3-7-16(17)20/h1-8,11,19H,9-10,12H2. The summed E-state index contributed by atoms with van der Waals surface area (Å²) in [6.45, 7) is 1.34. The second-order valence-electron chi connectivity index (χ2n) is 4.76. The van der Waals surface area contributed by atoms with Crippen LogP contribution in [0.15, 0.2) is 59.7 Å². The number of hydrogen-bond acceptors (Lipinski definition) is 2. The number of aliphatic hydroxyl groups is 1. The van der Waals surface area contributed by atoms with Crippen LogP contribution in [0.2, 0.25) is 0 Å². The highest BCUT2D eigenvalue weighted by Crippen LogP contribution is 2.21. The minimum atomic E-state index is 0.00587. The van der Waals surface area contributed by atoms with Crippen LogP contribution in [0.5, 0.6) is 0 Å². The summed E-state index contributed by atoms with van der Waals surface area (Å²) in [7, 11) is 0. The zero-order valence-corrected chi connectivity index (χ0v) is 11.1. The maximum absolute atomic E-state index is 11.7. The molecular weight excluding hydrogens is 252 g/mol. The average molecular weight is 268 g/mol. The van der Waals surface area contributed by atoms with Crippen LogP contribution in [0, 0.1) is 0 Å². The number of aromatic nitrogens is 2. The van der Waals surface area contributed by atoms with E-state index >= 15 is 0 Å². The molecule has 0 saturated carbocycles. The van der Waals surface area contributed by atoms with Crippen molar-refractivity contribution in [3.8, 4) is 0 Å². The van der Waals surface area contributed by atoms with Gasteiger partial charge in [-0.2, -0.15) is 0 Å². The van der Waals surface area contributed by atoms with E-state index in [4.69, 9.17) is 0 Å². The van der Waals surface area contributed by atoms with Gasteiger partial charge in [0.05, 0.1) is 6.61 Å². The largest absolute Gasteiger partial charge is 0.392 e. The van der Waals surface area contributed by atoms with Gasteiger partial charge in [0.1, 0.15) is 0 Å². The molecule has 0 aliphatic heterocycles. The van der Waals surface area contributed by atoms with Crippen molar-refractivity contribution in [2.75, 3.05) is 0 Å². The van der Waals surface area contributed by atoms with Gasteiger partial charge >= 0.3 is 0 Å². The lowest BCUT2D eigenvalue weighted by Gasteiger charge is -2.07. The molecular formula is C16H16N2O2. The molecule has 0 saturated heterocycles. The number of aliphatic hydroxyl groups excluding tert-OH is 1. The second-order valence-corrected chi connectivity index (χ2v) is 4.76. The van der Waals surface area contributed by atoms with E-state index in [1.54, 1.807) is 22.9 Å². The van der Waals surface area contributed by atoms with Crippen molar-refractivity contribution in [3.63, 3.8) is 0 Å². The summed E-state index contributed by atoms with van der Waals surface area (Å²) in [5, 5.41) is 10.5. The first kappa shape index (κ1) is 12.7. The van der Waals surface area contributed by atoms with Crippen molar-refractivity contribution in [1.82, 2.24) is 9.13 Å². The van der Waals surface area contributed by atoms with E-state index in [2.05, 4.69) is 4.57 Å². The lowest BCUT2D eigenvalue weighted by Crippen LogP contribution is -2.20. The summed E-state index contributed by atoms with van der Waals surface area (Å²) in [4.78, 5) is 11.7. The Morgan fingerprint density at radius 3 is 2.50 bits per heavy atom. The summed E-state index contributed by atoms with van der Waals surface area (Å²) in [5.41, 5.74) is 2.01. The molecule has 0 aliphatic carbocycles. The van der Waals surface area contributed by atoms with Crippen LogP contribution in [-0.4, -0.2) is 14.2 Å². The van der Waals surface area contributed by atoms with Crippen LogP contribution in [-0.2, 0) is 19.7 Å². The van der Waals surface area contributed by atoms with Gasteiger partial charge in [0, 0.05) is 48.0 Å². The van der Waals surface area contributed by atoms with Gasteiger partial charge in [-0.1, -0.05) is 24.3 Å². The molecule has 0 amide bonds. The quantitative estimate of drug-likeness (QED) is 0.786. The van der Waals surface area contributed by atoms with Gasteiger partial charge in [-0.3, -0.25) is 4.79 Å². The Labute approximate surface area is 116 Å². The molecule has 4 heteroatoms. The zero-order chi connectivity index (χ0) is 13.9. The Balaban J connectivity index is 1.92. The average Bonchev–Trinajstić information content (AvgIpc) is 2.85. The first-order valence-electron chi connectivity index (χ1n) is 6.62. The highest BCUT2D eigenvalue weighted by Gasteiger charge is 2.07. The molecule has 0 bridgehead atoms. The third kappa shape index (κ3) is 2.26. The monoisotopic (exact) mass is 268 g/mol. The van der Waals surface area contributed by atoms with Crippen LogP contribution >= 0.6 is 0 Å². The van der Waals surface area contributed by atoms with Gasteiger partial charge in [0.2, 0.25) is 0 Å². The summed E-state index contributed by atoms with van der Waals surface area (Å²) in [5.74, 6) is 0. The van der Waals surface area contributed by atoms with Crippen molar-refractivity contribution in [2.45, 2.75) is 19.7 Å². The molecule has 4 nitrogen and oxygen atoms in total. The number of hydrogen-bond donors (Lipinski definition) is 1. The Bertz CT molecular complexity index is 786. The molecule has 0 radical (unpaired) electrons. The number of rotatable bonds is 4. The van der Waals surface area contributed by atoms with Crippen LogP contribution in [0.25, 0.3) is 10.9 Å². The van der Waals surface area contributed by atoms with Crippen LogP contribution in [0.1, 0.15) is 5.56 Å². The highest BCUT2D eigenvalue weighted by molar-refractivity contribution is 5.83. The maximum Gasteiger partial charge on any atom is 0.250 e. The molecule has 1 aromatic carbocycles. The smallest absolute Gasteiger partial charge is 0.250 e. The molecule has 0 spiro atoms. The Morgan fingerprint density at radius 2 is 1.70 bits per heavy atom. The second kappa shape index (κ2) is 5.35. The maximum atomic E-state index is 11.7. The minimum absolute atomic E-state index is 0.00587. The van der Waals surface area contributed by atoms with Crippen LogP contribution in [0.3, 0.4) is 0 Å². The van der Waals surface area contributed by atoms with E-state index in [9.17, 15) is 9.90 Å². The van der Waals surface area contributed by atoms with Gasteiger partial charge in [0.15, 0.2) is 0 Å². The lowest BCUT2D eigenvalue weighted by atomic mass is 10.2. The van der Waals surface area contributed by atoms with Gasteiger partial charge < -0.3 is 14.2 Å². The number of aryl methyl sites for hydroxylation is 2. The van der Waals surface area contributed by atoms with Crippen molar-refractivity contribution >= 4 is 10.9 Å². The normalized spacial score (nSPS) is 11.1. The van der Waals surface area contributed by atoms with Gasteiger partial charge in [0.25, 0.3) is 5.56 Å². The topological polar surface area (TPSA) is 47.2 Å². The minimum Gasteiger partial charge on any atom is -0.392 e. The van der Waals surface area contributed by atoms with Crippen molar-refractivity contribution in [1.29, 1.82) is 0 Å². The summed E-state index contributed by atoms with van der Waals surface area (Å²) in [6.07, 6.45) is 3.75. The van der Waals surface area contributed by atoms with Crippen molar-refractivity contribution < 1.29 is 5.11 Å². The predicted octanol–water partition coefficient (Wildman–Crippen LogP) is 2.00. The van der Waals surface area contributed by atoms with Crippen molar-refractivity contribution in [3.05, 3.63) is 70.8 Å². The number of benzene rings is 1. The van der Waals surface area contributed by atoms with Gasteiger partial charge in [-0.05, 0) is 12.1 Å². The van der Waals surface area contributed by atoms with E-state index in [1.807, 2.05) is 36.5 Å². The van der Waals surface area contributed by atoms with E-state index in [0.717, 1.165) is 16.5 Å². The summed E-state index contributed by atoms with van der Waals surface area (Å²) >= 11 is 0. The molecule has 20 heavy (non-hydrogen) atoms. The fraction of sp³-hybridized carbons (Fsp3) is 0.188. The van der Waals surface area contributed by atoms with E-state index < -0.39 is 0 Å². The molecule has 1 N–H and O–H groups in total. The third-order valence-electron chi connectivity index (χ3n) is 3.52. The van der Waals surface area contributed by atoms with Crippen molar-refractivity contribution in [2.24, 2.45) is 0 Å². The fourth-order valence-corrected chi connectivity index (χ4v) is 2.49. The number of para-hydroxylation sites is 1. The Hall–Kier alpha value is -2.33. The SMILES string of the molecule is O=c1ccccn1CCn1cc(CO)c2ccccc21. The van der Waals surface area contributed by atoms with E-state index in [1.165, 1.54) is 0 Å². The molecule has 102 valence electrons. The zero-order valence-electron chi connectivity index (χ0n) is 11.1. The number of pyridine rings is 1. The number of fused-ring (bicyclic) bond motifs is 1. The molecule has 3 rings (SSSR count). The first-order valence-corrected chi connectivity index (χ1v) is 6.62.